The van der Waals surface area contributed by atoms with E-state index < -0.39 is 61.8 Å². The van der Waals surface area contributed by atoms with Crippen LogP contribution in [-0.2, 0) is 32.5 Å². The summed E-state index contributed by atoms with van der Waals surface area (Å²) >= 11 is 0. The van der Waals surface area contributed by atoms with Crippen LogP contribution in [0.5, 0.6) is 0 Å². The second-order valence-corrected chi connectivity index (χ2v) is 7.28. The first-order chi connectivity index (χ1) is 13.2. The quantitative estimate of drug-likeness (QED) is 0.197. The van der Waals surface area contributed by atoms with Crippen LogP contribution in [0.1, 0.15) is 40.0 Å². The van der Waals surface area contributed by atoms with Crippen LogP contribution < -0.4 is 0 Å². The Hall–Kier alpha value is -1.78. The van der Waals surface area contributed by atoms with Gasteiger partial charge in [0.2, 0.25) is 34.7 Å². The van der Waals surface area contributed by atoms with Crippen molar-refractivity contribution in [3.05, 3.63) is 38.0 Å². The summed E-state index contributed by atoms with van der Waals surface area (Å²) in [6.45, 7) is 13.3. The van der Waals surface area contributed by atoms with Crippen molar-refractivity contribution in [2.45, 2.75) is 57.4 Å². The van der Waals surface area contributed by atoms with Crippen molar-refractivity contribution in [1.29, 1.82) is 0 Å². The zero-order valence-corrected chi connectivity index (χ0v) is 17.5. The van der Waals surface area contributed by atoms with Crippen molar-refractivity contribution < 1.29 is 47.8 Å². The molecule has 3 unspecified atom stereocenters. The van der Waals surface area contributed by atoms with Gasteiger partial charge in [-0.25, -0.2) is 18.1 Å². The van der Waals surface area contributed by atoms with Crippen LogP contribution in [0.4, 0.5) is 0 Å². The van der Waals surface area contributed by atoms with E-state index in [2.05, 4.69) is 19.7 Å². The first kappa shape index (κ1) is 27.2. The zero-order chi connectivity index (χ0) is 23.1. The molecule has 0 saturated heterocycles. The molecule has 0 aliphatic heterocycles. The van der Waals surface area contributed by atoms with Gasteiger partial charge in [-0.2, -0.15) is 0 Å². The largest absolute Gasteiger partial charge is 0.483 e. The Kier molecular flexibility index (Phi) is 9.68. The molecule has 0 aromatic rings. The monoisotopic (exact) mass is 434 g/mol. The number of phosphoric ester groups is 1. The molecule has 0 aromatic heterocycles. The summed E-state index contributed by atoms with van der Waals surface area (Å²) in [5.41, 5.74) is 0. The summed E-state index contributed by atoms with van der Waals surface area (Å²) in [6.07, 6.45) is 0.512. The first-order valence-electron chi connectivity index (χ1n) is 8.65. The summed E-state index contributed by atoms with van der Waals surface area (Å²) in [7, 11) is -5.39. The van der Waals surface area contributed by atoms with Crippen molar-refractivity contribution >= 4 is 25.2 Å². The van der Waals surface area contributed by atoms with E-state index in [-0.39, 0.29) is 0 Å². The number of aliphatic hydroxyl groups is 3. The Balaban J connectivity index is 6.47. The van der Waals surface area contributed by atoms with Crippen molar-refractivity contribution in [3.8, 4) is 0 Å². The van der Waals surface area contributed by atoms with Gasteiger partial charge in [0.05, 0.1) is 0 Å². The van der Waals surface area contributed by atoms with E-state index in [0.29, 0.717) is 18.2 Å². The van der Waals surface area contributed by atoms with Crippen molar-refractivity contribution in [2.24, 2.45) is 0 Å². The second kappa shape index (κ2) is 10.3. The highest BCUT2D eigenvalue weighted by Gasteiger charge is 2.53. The van der Waals surface area contributed by atoms with Crippen LogP contribution >= 0.6 is 7.82 Å². The molecule has 0 aromatic carbocycles. The van der Waals surface area contributed by atoms with Crippen LogP contribution in [0.2, 0.25) is 0 Å². The maximum atomic E-state index is 13.3. The summed E-state index contributed by atoms with van der Waals surface area (Å²) in [4.78, 5) is 35.9. The van der Waals surface area contributed by atoms with E-state index in [1.165, 1.54) is 20.8 Å². The second-order valence-electron chi connectivity index (χ2n) is 5.84. The maximum Gasteiger partial charge on any atom is 0.483 e. The van der Waals surface area contributed by atoms with Gasteiger partial charge in [0.25, 0.3) is 0 Å². The number of hydrogen-bond acceptors (Lipinski definition) is 10. The van der Waals surface area contributed by atoms with Gasteiger partial charge in [-0.15, -0.1) is 0 Å². The molecule has 0 fully saturated rings. The fraction of sp³-hybridized carbons (Fsp3) is 0.500. The topological polar surface area (TPSA) is 157 Å². The van der Waals surface area contributed by atoms with Gasteiger partial charge in [0.15, 0.2) is 0 Å². The lowest BCUT2D eigenvalue weighted by Gasteiger charge is -2.36. The van der Waals surface area contributed by atoms with Crippen molar-refractivity contribution in [2.75, 3.05) is 0 Å². The van der Waals surface area contributed by atoms with Gasteiger partial charge in [0, 0.05) is 19.3 Å². The van der Waals surface area contributed by atoms with Gasteiger partial charge in [-0.1, -0.05) is 40.5 Å². The Morgan fingerprint density at radius 2 is 0.931 bits per heavy atom. The summed E-state index contributed by atoms with van der Waals surface area (Å²) in [5, 5.41) is 31.2. The zero-order valence-electron chi connectivity index (χ0n) is 16.6. The van der Waals surface area contributed by atoms with E-state index in [1.54, 1.807) is 0 Å². The number of carbonyl (C=O) groups is 3. The first-order valence-corrected chi connectivity index (χ1v) is 10.1. The van der Waals surface area contributed by atoms with Crippen LogP contribution in [0.15, 0.2) is 38.0 Å². The lowest BCUT2D eigenvalue weighted by Crippen LogP contribution is -2.46. The molecule has 0 rings (SSSR count). The molecule has 0 bridgehead atoms. The van der Waals surface area contributed by atoms with E-state index in [4.69, 9.17) is 13.6 Å². The van der Waals surface area contributed by atoms with Crippen LogP contribution in [0, 0.1) is 0 Å². The number of phosphoric acid groups is 1. The molecule has 0 aliphatic carbocycles. The maximum absolute atomic E-state index is 13.3. The molecule has 0 radical (unpaired) electrons. The number of rotatable bonds is 15. The van der Waals surface area contributed by atoms with Gasteiger partial charge >= 0.3 is 7.82 Å². The SMILES string of the molecule is C=CC(=O)C(O)(CC)OP(=O)(OC(O)(CC)C(=O)C=C)OC(O)(CC)C(=O)C=C. The van der Waals surface area contributed by atoms with E-state index in [0.717, 1.165) is 0 Å². The Bertz CT molecular complexity index is 637. The third-order valence-electron chi connectivity index (χ3n) is 3.94. The minimum atomic E-state index is -5.39. The minimum Gasteiger partial charge on any atom is -0.359 e. The Morgan fingerprint density at radius 3 is 1.07 bits per heavy atom. The van der Waals surface area contributed by atoms with Gasteiger partial charge in [-0.05, 0) is 18.2 Å². The molecule has 3 atom stereocenters. The third kappa shape index (κ3) is 6.35. The highest BCUT2D eigenvalue weighted by atomic mass is 31.2. The van der Waals surface area contributed by atoms with E-state index in [1.807, 2.05) is 0 Å². The number of carbonyl (C=O) groups excluding carboxylic acids is 3. The Labute approximate surface area is 169 Å². The third-order valence-corrected chi connectivity index (χ3v) is 5.51. The van der Waals surface area contributed by atoms with E-state index in [9.17, 15) is 34.3 Å². The van der Waals surface area contributed by atoms with Gasteiger partial charge in [-0.3, -0.25) is 14.4 Å². The Morgan fingerprint density at radius 1 is 0.724 bits per heavy atom. The normalized spacial score (nSPS) is 19.5. The number of hydrogen-bond donors (Lipinski definition) is 3. The fourth-order valence-corrected chi connectivity index (χ4v) is 3.82. The molecule has 0 heterocycles. The van der Waals surface area contributed by atoms with Crippen LogP contribution in [-0.4, -0.2) is 50.0 Å². The average Bonchev–Trinajstić information content (AvgIpc) is 2.70. The van der Waals surface area contributed by atoms with Crippen molar-refractivity contribution in [3.63, 3.8) is 0 Å². The molecule has 3 N–H and O–H groups in total. The summed E-state index contributed by atoms with van der Waals surface area (Å²) in [5.74, 6) is -11.9. The fourth-order valence-electron chi connectivity index (χ4n) is 1.94. The molecule has 10 nitrogen and oxygen atoms in total. The lowest BCUT2D eigenvalue weighted by molar-refractivity contribution is -0.216. The standard InChI is InChI=1S/C18H27O10P/c1-7-13(19)16(22,10-4)26-29(25,27-17(23,11-5)14(20)8-2)28-18(24,12-6)15(21)9-3/h7-9,22-24H,1-3,10-12H2,4-6H3. The van der Waals surface area contributed by atoms with Gasteiger partial charge < -0.3 is 15.3 Å². The highest BCUT2D eigenvalue weighted by molar-refractivity contribution is 7.48. The predicted octanol–water partition coefficient (Wildman–Crippen LogP) is 1.71. The van der Waals surface area contributed by atoms with Crippen LogP contribution in [0.3, 0.4) is 0 Å². The highest BCUT2D eigenvalue weighted by Crippen LogP contribution is 2.58. The van der Waals surface area contributed by atoms with Gasteiger partial charge in [0.1, 0.15) is 0 Å². The average molecular weight is 434 g/mol. The predicted molar refractivity (Wildman–Crippen MR) is 102 cm³/mol. The van der Waals surface area contributed by atoms with Crippen molar-refractivity contribution in [1.82, 2.24) is 0 Å². The molecular weight excluding hydrogens is 407 g/mol. The molecule has 11 heteroatoms. The summed E-state index contributed by atoms with van der Waals surface area (Å²) < 4.78 is 27.9. The molecule has 0 spiro atoms. The van der Waals surface area contributed by atoms with E-state index >= 15 is 0 Å². The number of ketones is 3. The molecule has 164 valence electrons. The smallest absolute Gasteiger partial charge is 0.359 e. The molecular formula is C18H27O10P. The lowest BCUT2D eigenvalue weighted by atomic mass is 10.1. The van der Waals surface area contributed by atoms with Crippen LogP contribution in [0.25, 0.3) is 0 Å². The molecule has 29 heavy (non-hydrogen) atoms. The summed E-state index contributed by atoms with van der Waals surface area (Å²) in [6, 6.07) is 0. The minimum absolute atomic E-state index is 0.492. The molecule has 0 amide bonds. The molecule has 0 saturated carbocycles. The molecule has 0 aliphatic rings.